The molecule has 1 aromatic rings. The molecule has 2 atom stereocenters. The zero-order valence-electron chi connectivity index (χ0n) is 19.9. The molecule has 0 radical (unpaired) electrons. The van der Waals surface area contributed by atoms with Crippen molar-refractivity contribution >= 4 is 0 Å². The first-order chi connectivity index (χ1) is 13.7. The number of allylic oxidation sites excluding steroid dienone is 2. The SMILES string of the molecule is C/C(=C\Cc1cc(O)cc(C)c1O)CCC[C@H](C)CCC[C@H](C)CCCC(C)C. The van der Waals surface area contributed by atoms with Crippen LogP contribution < -0.4 is 0 Å². The number of hydrogen-bond donors (Lipinski definition) is 2. The van der Waals surface area contributed by atoms with E-state index in [4.69, 9.17) is 0 Å². The highest BCUT2D eigenvalue weighted by Gasteiger charge is 2.08. The van der Waals surface area contributed by atoms with Crippen molar-refractivity contribution in [2.45, 2.75) is 106 Å². The molecular formula is C27H46O2. The molecule has 0 aliphatic heterocycles. The minimum absolute atomic E-state index is 0.226. The highest BCUT2D eigenvalue weighted by atomic mass is 16.3. The average Bonchev–Trinajstić information content (AvgIpc) is 2.63. The van der Waals surface area contributed by atoms with Crippen molar-refractivity contribution in [3.63, 3.8) is 0 Å². The van der Waals surface area contributed by atoms with Crippen LogP contribution in [0.15, 0.2) is 23.8 Å². The summed E-state index contributed by atoms with van der Waals surface area (Å²) in [5, 5.41) is 19.9. The third-order valence-electron chi connectivity index (χ3n) is 6.17. The number of benzene rings is 1. The first-order valence-electron chi connectivity index (χ1n) is 11.9. The molecule has 0 saturated carbocycles. The minimum Gasteiger partial charge on any atom is -0.508 e. The summed E-state index contributed by atoms with van der Waals surface area (Å²) in [6, 6.07) is 3.27. The van der Waals surface area contributed by atoms with E-state index in [0.29, 0.717) is 12.2 Å². The van der Waals surface area contributed by atoms with Gasteiger partial charge in [-0.15, -0.1) is 0 Å². The lowest BCUT2D eigenvalue weighted by atomic mass is 9.91. The third-order valence-corrected chi connectivity index (χ3v) is 6.17. The predicted octanol–water partition coefficient (Wildman–Crippen LogP) is 8.33. The number of phenolic OH excluding ortho intramolecular Hbond substituents is 2. The van der Waals surface area contributed by atoms with Crippen molar-refractivity contribution < 1.29 is 10.2 Å². The van der Waals surface area contributed by atoms with Gasteiger partial charge in [-0.1, -0.05) is 84.3 Å². The van der Waals surface area contributed by atoms with Crippen LogP contribution in [0, 0.1) is 24.7 Å². The van der Waals surface area contributed by atoms with Crippen LogP contribution >= 0.6 is 0 Å². The molecule has 0 aliphatic carbocycles. The summed E-state index contributed by atoms with van der Waals surface area (Å²) in [7, 11) is 0. The Morgan fingerprint density at radius 3 is 2.00 bits per heavy atom. The van der Waals surface area contributed by atoms with Crippen LogP contribution in [-0.4, -0.2) is 10.2 Å². The molecule has 0 unspecified atom stereocenters. The maximum absolute atomic E-state index is 10.1. The largest absolute Gasteiger partial charge is 0.508 e. The fraction of sp³-hybridized carbons (Fsp3) is 0.704. The van der Waals surface area contributed by atoms with Gasteiger partial charge < -0.3 is 10.2 Å². The molecule has 29 heavy (non-hydrogen) atoms. The maximum atomic E-state index is 10.1. The molecule has 2 nitrogen and oxygen atoms in total. The fourth-order valence-corrected chi connectivity index (χ4v) is 4.08. The molecule has 1 aromatic carbocycles. The van der Waals surface area contributed by atoms with E-state index in [9.17, 15) is 10.2 Å². The van der Waals surface area contributed by atoms with Crippen molar-refractivity contribution in [2.24, 2.45) is 17.8 Å². The van der Waals surface area contributed by atoms with E-state index < -0.39 is 0 Å². The maximum Gasteiger partial charge on any atom is 0.122 e. The fourth-order valence-electron chi connectivity index (χ4n) is 4.08. The summed E-state index contributed by atoms with van der Waals surface area (Å²) in [4.78, 5) is 0. The van der Waals surface area contributed by atoms with Crippen molar-refractivity contribution in [3.8, 4) is 11.5 Å². The van der Waals surface area contributed by atoms with Gasteiger partial charge >= 0.3 is 0 Å². The van der Waals surface area contributed by atoms with Crippen LogP contribution in [0.5, 0.6) is 11.5 Å². The monoisotopic (exact) mass is 402 g/mol. The minimum atomic E-state index is 0.226. The molecule has 0 amide bonds. The number of aryl methyl sites for hydroxylation is 1. The van der Waals surface area contributed by atoms with Gasteiger partial charge in [0.2, 0.25) is 0 Å². The van der Waals surface area contributed by atoms with Crippen LogP contribution in [0.3, 0.4) is 0 Å². The van der Waals surface area contributed by atoms with Crippen molar-refractivity contribution in [1.29, 1.82) is 0 Å². The molecule has 166 valence electrons. The second kappa shape index (κ2) is 13.7. The Labute approximate surface area is 180 Å². The van der Waals surface area contributed by atoms with Gasteiger partial charge in [-0.3, -0.25) is 0 Å². The van der Waals surface area contributed by atoms with Gasteiger partial charge in [0.1, 0.15) is 11.5 Å². The summed E-state index contributed by atoms with van der Waals surface area (Å²) < 4.78 is 0. The standard InChI is InChI=1S/C27H46O2/c1-20(2)10-7-11-21(3)12-8-13-22(4)14-9-15-23(5)16-17-25-19-26(28)18-24(6)27(25)29/h16,18-22,28-29H,7-15,17H2,1-6H3/b23-16+/t21-,22-/m1/s1. The van der Waals surface area contributed by atoms with Crippen LogP contribution in [0.25, 0.3) is 0 Å². The molecule has 2 N–H and O–H groups in total. The summed E-state index contributed by atoms with van der Waals surface area (Å²) in [5.74, 6) is 3.06. The zero-order chi connectivity index (χ0) is 21.8. The lowest BCUT2D eigenvalue weighted by Crippen LogP contribution is -2.00. The number of rotatable bonds is 14. The Balaban J connectivity index is 2.21. The molecule has 0 heterocycles. The lowest BCUT2D eigenvalue weighted by Gasteiger charge is -2.15. The average molecular weight is 403 g/mol. The molecule has 0 aliphatic rings. The van der Waals surface area contributed by atoms with Gasteiger partial charge in [0.15, 0.2) is 0 Å². The number of aromatic hydroxyl groups is 2. The molecule has 0 bridgehead atoms. The molecule has 0 spiro atoms. The summed E-state index contributed by atoms with van der Waals surface area (Å²) in [6.07, 6.45) is 14.8. The first kappa shape index (κ1) is 25.6. The Kier molecular flexibility index (Phi) is 12.1. The quantitative estimate of drug-likeness (QED) is 0.242. The van der Waals surface area contributed by atoms with Crippen LogP contribution in [0.1, 0.15) is 104 Å². The normalized spacial score (nSPS) is 14.4. The zero-order valence-corrected chi connectivity index (χ0v) is 19.9. The number of hydrogen-bond acceptors (Lipinski definition) is 2. The van der Waals surface area contributed by atoms with Gasteiger partial charge in [-0.25, -0.2) is 0 Å². The van der Waals surface area contributed by atoms with Gasteiger partial charge in [0, 0.05) is 5.56 Å². The molecular weight excluding hydrogens is 356 g/mol. The van der Waals surface area contributed by atoms with Crippen molar-refractivity contribution in [1.82, 2.24) is 0 Å². The van der Waals surface area contributed by atoms with Crippen molar-refractivity contribution in [2.75, 3.05) is 0 Å². The second-order valence-corrected chi connectivity index (χ2v) is 9.88. The van der Waals surface area contributed by atoms with Crippen LogP contribution in [-0.2, 0) is 6.42 Å². The highest BCUT2D eigenvalue weighted by molar-refractivity contribution is 5.46. The van der Waals surface area contributed by atoms with Crippen molar-refractivity contribution in [3.05, 3.63) is 34.9 Å². The summed E-state index contributed by atoms with van der Waals surface area (Å²) in [6.45, 7) is 13.5. The van der Waals surface area contributed by atoms with E-state index in [2.05, 4.69) is 40.7 Å². The van der Waals surface area contributed by atoms with Crippen LogP contribution in [0.2, 0.25) is 0 Å². The van der Waals surface area contributed by atoms with E-state index in [-0.39, 0.29) is 5.75 Å². The van der Waals surface area contributed by atoms with Gasteiger partial charge in [0.25, 0.3) is 0 Å². The van der Waals surface area contributed by atoms with Gasteiger partial charge in [-0.2, -0.15) is 0 Å². The molecule has 2 heteroatoms. The van der Waals surface area contributed by atoms with E-state index in [0.717, 1.165) is 35.3 Å². The lowest BCUT2D eigenvalue weighted by molar-refractivity contribution is 0.389. The third kappa shape index (κ3) is 11.4. The van der Waals surface area contributed by atoms with E-state index in [1.165, 1.54) is 56.9 Å². The molecule has 0 saturated heterocycles. The van der Waals surface area contributed by atoms with E-state index >= 15 is 0 Å². The van der Waals surface area contributed by atoms with E-state index in [1.807, 2.05) is 6.92 Å². The molecule has 1 rings (SSSR count). The summed E-state index contributed by atoms with van der Waals surface area (Å²) >= 11 is 0. The number of phenols is 2. The highest BCUT2D eigenvalue weighted by Crippen LogP contribution is 2.28. The van der Waals surface area contributed by atoms with E-state index in [1.54, 1.807) is 12.1 Å². The van der Waals surface area contributed by atoms with Crippen LogP contribution in [0.4, 0.5) is 0 Å². The topological polar surface area (TPSA) is 40.5 Å². The first-order valence-corrected chi connectivity index (χ1v) is 11.9. The predicted molar refractivity (Wildman–Crippen MR) is 127 cm³/mol. The molecule has 0 fully saturated rings. The Morgan fingerprint density at radius 2 is 1.41 bits per heavy atom. The Hall–Kier alpha value is -1.44. The van der Waals surface area contributed by atoms with Gasteiger partial charge in [-0.05, 0) is 68.6 Å². The second-order valence-electron chi connectivity index (χ2n) is 9.88. The van der Waals surface area contributed by atoms with Gasteiger partial charge in [0.05, 0.1) is 0 Å². The smallest absolute Gasteiger partial charge is 0.122 e. The molecule has 0 aromatic heterocycles. The Bertz CT molecular complexity index is 615. The Morgan fingerprint density at radius 1 is 0.862 bits per heavy atom. The summed E-state index contributed by atoms with van der Waals surface area (Å²) in [5.41, 5.74) is 2.91.